The molecular weight excluding hydrogens is 282 g/mol. The number of benzene rings is 1. The highest BCUT2D eigenvalue weighted by atomic mass is 79.9. The van der Waals surface area contributed by atoms with Gasteiger partial charge in [0.05, 0.1) is 17.9 Å². The van der Waals surface area contributed by atoms with Gasteiger partial charge in [-0.05, 0) is 12.5 Å². The van der Waals surface area contributed by atoms with Crippen LogP contribution in [0.5, 0.6) is 0 Å². The molecule has 0 radical (unpaired) electrons. The lowest BCUT2D eigenvalue weighted by Crippen LogP contribution is -2.32. The number of ether oxygens (including phenoxy) is 1. The molecule has 0 saturated heterocycles. The van der Waals surface area contributed by atoms with Crippen LogP contribution in [0.1, 0.15) is 11.1 Å². The van der Waals surface area contributed by atoms with E-state index >= 15 is 0 Å². The highest BCUT2D eigenvalue weighted by molar-refractivity contribution is 9.09. The number of aryl methyl sites for hydroxylation is 1. The molecule has 0 fully saturated rings. The molecule has 1 amide bonds. The van der Waals surface area contributed by atoms with Crippen LogP contribution in [0.25, 0.3) is 0 Å². The van der Waals surface area contributed by atoms with Crippen molar-refractivity contribution in [3.8, 4) is 0 Å². The average Bonchev–Trinajstić information content (AvgIpc) is 2.27. The van der Waals surface area contributed by atoms with Crippen molar-refractivity contribution < 1.29 is 9.53 Å². The molecule has 0 aliphatic rings. The number of amides is 1. The van der Waals surface area contributed by atoms with Crippen LogP contribution in [-0.2, 0) is 16.0 Å². The van der Waals surface area contributed by atoms with Crippen molar-refractivity contribution in [3.63, 3.8) is 0 Å². The Hall–Kier alpha value is -0.870. The second kappa shape index (κ2) is 7.45. The van der Waals surface area contributed by atoms with Crippen LogP contribution in [0.4, 0.5) is 0 Å². The van der Waals surface area contributed by atoms with Crippen LogP contribution >= 0.6 is 15.9 Å². The predicted octanol–water partition coefficient (Wildman–Crippen LogP) is 2.06. The third kappa shape index (κ3) is 5.84. The lowest BCUT2D eigenvalue weighted by molar-refractivity contribution is -0.120. The van der Waals surface area contributed by atoms with E-state index in [1.54, 1.807) is 7.11 Å². The zero-order chi connectivity index (χ0) is 12.7. The van der Waals surface area contributed by atoms with Crippen molar-refractivity contribution in [2.24, 2.45) is 0 Å². The summed E-state index contributed by atoms with van der Waals surface area (Å²) in [6.45, 7) is 3.19. The summed E-state index contributed by atoms with van der Waals surface area (Å²) in [7, 11) is 1.64. The molecule has 0 aliphatic heterocycles. The van der Waals surface area contributed by atoms with E-state index in [0.717, 1.165) is 5.56 Å². The summed E-state index contributed by atoms with van der Waals surface area (Å²) in [6, 6.07) is 7.98. The van der Waals surface area contributed by atoms with Gasteiger partial charge in [-0.1, -0.05) is 45.8 Å². The van der Waals surface area contributed by atoms with Crippen molar-refractivity contribution in [2.45, 2.75) is 18.2 Å². The van der Waals surface area contributed by atoms with Gasteiger partial charge in [0, 0.05) is 13.7 Å². The van der Waals surface area contributed by atoms with Crippen LogP contribution in [0.15, 0.2) is 24.3 Å². The summed E-state index contributed by atoms with van der Waals surface area (Å²) < 4.78 is 4.97. The monoisotopic (exact) mass is 299 g/mol. The molecule has 0 saturated carbocycles. The largest absolute Gasteiger partial charge is 0.383 e. The minimum atomic E-state index is 0.0381. The number of carbonyl (C=O) groups excluding carboxylic acids is 1. The first kappa shape index (κ1) is 14.2. The van der Waals surface area contributed by atoms with Gasteiger partial charge in [-0.15, -0.1) is 0 Å². The van der Waals surface area contributed by atoms with Crippen molar-refractivity contribution in [2.75, 3.05) is 20.3 Å². The molecule has 1 rings (SSSR count). The van der Waals surface area contributed by atoms with E-state index in [1.807, 2.05) is 31.2 Å². The zero-order valence-corrected chi connectivity index (χ0v) is 11.8. The quantitative estimate of drug-likeness (QED) is 0.817. The number of hydrogen-bond acceptors (Lipinski definition) is 2. The molecule has 0 aliphatic carbocycles. The average molecular weight is 300 g/mol. The SMILES string of the molecule is COCC(Br)CNC(=O)Cc1cccc(C)c1. The molecule has 0 bridgehead atoms. The Kier molecular flexibility index (Phi) is 6.22. The van der Waals surface area contributed by atoms with Gasteiger partial charge in [0.2, 0.25) is 5.91 Å². The predicted molar refractivity (Wildman–Crippen MR) is 72.5 cm³/mol. The highest BCUT2D eigenvalue weighted by Crippen LogP contribution is 2.05. The van der Waals surface area contributed by atoms with Crippen molar-refractivity contribution in [3.05, 3.63) is 35.4 Å². The van der Waals surface area contributed by atoms with E-state index in [-0.39, 0.29) is 10.7 Å². The molecule has 3 nitrogen and oxygen atoms in total. The van der Waals surface area contributed by atoms with Gasteiger partial charge in [0.25, 0.3) is 0 Å². The van der Waals surface area contributed by atoms with Crippen LogP contribution in [-0.4, -0.2) is 31.0 Å². The summed E-state index contributed by atoms with van der Waals surface area (Å²) in [4.78, 5) is 11.8. The fourth-order valence-corrected chi connectivity index (χ4v) is 1.96. The minimum Gasteiger partial charge on any atom is -0.383 e. The first-order valence-corrected chi connectivity index (χ1v) is 6.48. The van der Waals surface area contributed by atoms with Crippen LogP contribution < -0.4 is 5.32 Å². The Labute approximate surface area is 111 Å². The number of alkyl halides is 1. The van der Waals surface area contributed by atoms with E-state index in [2.05, 4.69) is 21.2 Å². The maximum atomic E-state index is 11.7. The molecule has 4 heteroatoms. The maximum absolute atomic E-state index is 11.7. The summed E-state index contributed by atoms with van der Waals surface area (Å²) in [5.41, 5.74) is 2.22. The molecule has 1 aromatic rings. The number of methoxy groups -OCH3 is 1. The van der Waals surface area contributed by atoms with Gasteiger partial charge in [-0.25, -0.2) is 0 Å². The Morgan fingerprint density at radius 2 is 2.29 bits per heavy atom. The molecule has 1 atom stereocenters. The van der Waals surface area contributed by atoms with E-state index in [1.165, 1.54) is 5.56 Å². The van der Waals surface area contributed by atoms with Gasteiger partial charge in [-0.3, -0.25) is 4.79 Å². The van der Waals surface area contributed by atoms with E-state index in [4.69, 9.17) is 4.74 Å². The van der Waals surface area contributed by atoms with Crippen LogP contribution in [0.2, 0.25) is 0 Å². The molecule has 94 valence electrons. The first-order chi connectivity index (χ1) is 8.11. The summed E-state index contributed by atoms with van der Waals surface area (Å²) in [5, 5.41) is 2.87. The van der Waals surface area contributed by atoms with Crippen molar-refractivity contribution in [1.82, 2.24) is 5.32 Å². The molecule has 0 aromatic heterocycles. The summed E-state index contributed by atoms with van der Waals surface area (Å²) in [5.74, 6) is 0.0381. The van der Waals surface area contributed by atoms with E-state index in [0.29, 0.717) is 19.6 Å². The normalized spacial score (nSPS) is 12.2. The summed E-state index contributed by atoms with van der Waals surface area (Å²) >= 11 is 3.42. The Morgan fingerprint density at radius 3 is 2.94 bits per heavy atom. The second-order valence-corrected chi connectivity index (χ2v) is 5.32. The maximum Gasteiger partial charge on any atom is 0.224 e. The Bertz CT molecular complexity index is 368. The fourth-order valence-electron chi connectivity index (χ4n) is 1.53. The van der Waals surface area contributed by atoms with Crippen LogP contribution in [0, 0.1) is 6.92 Å². The minimum absolute atomic E-state index is 0.0381. The highest BCUT2D eigenvalue weighted by Gasteiger charge is 2.07. The van der Waals surface area contributed by atoms with Gasteiger partial charge < -0.3 is 10.1 Å². The zero-order valence-electron chi connectivity index (χ0n) is 10.2. The van der Waals surface area contributed by atoms with Crippen molar-refractivity contribution >= 4 is 21.8 Å². The number of hydrogen-bond donors (Lipinski definition) is 1. The van der Waals surface area contributed by atoms with Gasteiger partial charge in [0.15, 0.2) is 0 Å². The van der Waals surface area contributed by atoms with Gasteiger partial charge in [-0.2, -0.15) is 0 Å². The number of halogens is 1. The first-order valence-electron chi connectivity index (χ1n) is 5.57. The summed E-state index contributed by atoms with van der Waals surface area (Å²) in [6.07, 6.45) is 0.425. The number of rotatable bonds is 6. The van der Waals surface area contributed by atoms with Crippen LogP contribution in [0.3, 0.4) is 0 Å². The second-order valence-electron chi connectivity index (χ2n) is 4.02. The molecular formula is C13H18BrNO2. The van der Waals surface area contributed by atoms with Crippen molar-refractivity contribution in [1.29, 1.82) is 0 Å². The van der Waals surface area contributed by atoms with Gasteiger partial charge >= 0.3 is 0 Å². The third-order valence-corrected chi connectivity index (χ3v) is 2.90. The smallest absolute Gasteiger partial charge is 0.224 e. The Balaban J connectivity index is 2.34. The molecule has 1 unspecified atom stereocenters. The van der Waals surface area contributed by atoms with Gasteiger partial charge in [0.1, 0.15) is 0 Å². The fraction of sp³-hybridized carbons (Fsp3) is 0.462. The lowest BCUT2D eigenvalue weighted by Gasteiger charge is -2.10. The standard InChI is InChI=1S/C13H18BrNO2/c1-10-4-3-5-11(6-10)7-13(16)15-8-12(14)9-17-2/h3-6,12H,7-9H2,1-2H3,(H,15,16). The molecule has 17 heavy (non-hydrogen) atoms. The molecule has 0 heterocycles. The number of carbonyl (C=O) groups is 1. The number of nitrogens with one attached hydrogen (secondary N) is 1. The molecule has 1 N–H and O–H groups in total. The van der Waals surface area contributed by atoms with E-state index in [9.17, 15) is 4.79 Å². The topological polar surface area (TPSA) is 38.3 Å². The molecule has 1 aromatic carbocycles. The third-order valence-electron chi connectivity index (χ3n) is 2.32. The lowest BCUT2D eigenvalue weighted by atomic mass is 10.1. The Morgan fingerprint density at radius 1 is 1.53 bits per heavy atom. The van der Waals surface area contributed by atoms with E-state index < -0.39 is 0 Å². The molecule has 0 spiro atoms.